The topological polar surface area (TPSA) is 240 Å². The Balaban J connectivity index is 1.69. The lowest BCUT2D eigenvalue weighted by Gasteiger charge is -2.27. The zero-order chi connectivity index (χ0) is 50.1. The van der Waals surface area contributed by atoms with E-state index < -0.39 is 57.4 Å². The first-order valence-corrected chi connectivity index (χ1v) is 28.0. The molecule has 0 atom stereocenters. The fourth-order valence-electron chi connectivity index (χ4n) is 8.72. The normalized spacial score (nSPS) is 18.8. The van der Waals surface area contributed by atoms with E-state index in [1.807, 2.05) is 106 Å². The van der Waals surface area contributed by atoms with Gasteiger partial charge in [-0.1, -0.05) is 45.1 Å². The minimum absolute atomic E-state index is 0.0200. The molecule has 2 aliphatic heterocycles. The van der Waals surface area contributed by atoms with Crippen LogP contribution in [0.4, 0.5) is 11.4 Å². The summed E-state index contributed by atoms with van der Waals surface area (Å²) in [6.45, 7) is 12.3. The summed E-state index contributed by atoms with van der Waals surface area (Å²) in [5, 5.41) is 0. The SMILES string of the molecule is C\C=C/C(=C\C=C\CC)OC1=C(/C=C/C2=[N+](CCCC[SH](=O)=O)c3ccc(S(=O)(=O)N=O)cc3C2(C)C)CCC/C1=C\C=C1\N(CCCCS(=O)(=O)N=O)c2ccc(S(=O)(=O)N=O)cc2C1(C)C. The van der Waals surface area contributed by atoms with E-state index in [1.165, 1.54) is 24.3 Å². The van der Waals surface area contributed by atoms with E-state index in [4.69, 9.17) is 4.74 Å². The van der Waals surface area contributed by atoms with Crippen molar-refractivity contribution in [2.75, 3.05) is 29.5 Å². The molecule has 0 amide bonds. The van der Waals surface area contributed by atoms with Crippen LogP contribution in [0, 0.1) is 14.7 Å². The highest BCUT2D eigenvalue weighted by atomic mass is 32.2. The van der Waals surface area contributed by atoms with E-state index in [2.05, 4.69) is 13.7 Å². The molecule has 0 aromatic heterocycles. The fraction of sp³-hybridized carbons (Fsp3) is 0.426. The summed E-state index contributed by atoms with van der Waals surface area (Å²) in [6, 6.07) is 8.77. The van der Waals surface area contributed by atoms with Gasteiger partial charge in [-0.2, -0.15) is 21.4 Å². The first-order chi connectivity index (χ1) is 32.1. The zero-order valence-electron chi connectivity index (χ0n) is 39.0. The van der Waals surface area contributed by atoms with E-state index in [0.29, 0.717) is 79.2 Å². The van der Waals surface area contributed by atoms with Crippen molar-refractivity contribution < 1.29 is 43.0 Å². The molecular weight excluding hydrogens is 955 g/mol. The van der Waals surface area contributed by atoms with Gasteiger partial charge in [0.05, 0.1) is 34.7 Å². The number of rotatable bonds is 23. The standard InChI is InChI=1S/C47H58N5O12S4/c1-7-9-10-19-36(16-8-2)64-45-34(20-26-43-46(3,4)39-32-37(67(60,61)49-54)22-24-41(39)51(43)28-11-13-30-65(56)57)17-15-18-35(45)21-27-44-47(5,6)40-33-38(68(62,63)50-55)23-25-42(40)52(44)29-12-14-31-66(58,59)48-53/h8-10,16,19-27,32-33,65H,7,11-15,17-18,28-31H2,1-6H3/q+1/b10-9+,16-8-,36-19+. The molecule has 0 radical (unpaired) electrons. The lowest BCUT2D eigenvalue weighted by molar-refractivity contribution is -0.438. The van der Waals surface area contributed by atoms with Crippen molar-refractivity contribution in [2.24, 2.45) is 13.7 Å². The van der Waals surface area contributed by atoms with Crippen molar-refractivity contribution in [1.82, 2.24) is 0 Å². The molecule has 68 heavy (non-hydrogen) atoms. The summed E-state index contributed by atoms with van der Waals surface area (Å²) in [7, 11) is -15.6. The molecule has 366 valence electrons. The van der Waals surface area contributed by atoms with E-state index in [9.17, 15) is 48.4 Å². The minimum atomic E-state index is -4.47. The van der Waals surface area contributed by atoms with Gasteiger partial charge in [-0.05, 0) is 137 Å². The van der Waals surface area contributed by atoms with Crippen LogP contribution in [0.5, 0.6) is 0 Å². The highest BCUT2D eigenvalue weighted by Crippen LogP contribution is 2.49. The Bertz CT molecular complexity index is 3000. The Kier molecular flexibility index (Phi) is 17.5. The molecule has 2 aromatic carbocycles. The quantitative estimate of drug-likeness (QED) is 0.0273. The Hall–Kier alpha value is -5.51. The van der Waals surface area contributed by atoms with Gasteiger partial charge in [0.25, 0.3) is 10.0 Å². The highest BCUT2D eigenvalue weighted by molar-refractivity contribution is 7.90. The molecular formula is C47H58N5O12S4+. The lowest BCUT2D eigenvalue weighted by Crippen LogP contribution is -2.28. The second-order valence-corrected chi connectivity index (χ2v) is 23.5. The third-order valence-corrected chi connectivity index (χ3v) is 16.0. The number of benzene rings is 2. The van der Waals surface area contributed by atoms with Crippen LogP contribution >= 0.6 is 0 Å². The first-order valence-electron chi connectivity index (χ1n) is 22.2. The summed E-state index contributed by atoms with van der Waals surface area (Å²) in [5.74, 6) is 0.726. The molecule has 0 saturated heterocycles. The maximum atomic E-state index is 12.6. The van der Waals surface area contributed by atoms with Crippen molar-refractivity contribution >= 4 is 57.9 Å². The number of hydrogen-bond donors (Lipinski definition) is 1. The predicted octanol–water partition coefficient (Wildman–Crippen LogP) is 9.29. The minimum Gasteiger partial charge on any atom is -0.457 e. The Morgan fingerprint density at radius 2 is 1.50 bits per heavy atom. The molecule has 5 rings (SSSR count). The van der Waals surface area contributed by atoms with Crippen LogP contribution in [0.2, 0.25) is 0 Å². The Morgan fingerprint density at radius 3 is 2.13 bits per heavy atom. The van der Waals surface area contributed by atoms with Crippen LogP contribution in [0.25, 0.3) is 0 Å². The largest absolute Gasteiger partial charge is 0.457 e. The molecule has 2 heterocycles. The van der Waals surface area contributed by atoms with Crippen LogP contribution in [0.1, 0.15) is 104 Å². The molecule has 0 spiro atoms. The van der Waals surface area contributed by atoms with Gasteiger partial charge in [0.2, 0.25) is 5.69 Å². The lowest BCUT2D eigenvalue weighted by atomic mass is 9.81. The maximum absolute atomic E-state index is 12.6. The van der Waals surface area contributed by atoms with Gasteiger partial charge in [0.15, 0.2) is 5.71 Å². The van der Waals surface area contributed by atoms with E-state index in [1.54, 1.807) is 12.1 Å². The number of nitrogens with zero attached hydrogens (tertiary/aromatic N) is 5. The number of hydrogen-bond acceptors (Lipinski definition) is 13. The number of fused-ring (bicyclic) bond motifs is 2. The molecule has 2 aromatic rings. The third kappa shape index (κ3) is 12.2. The molecule has 0 saturated carbocycles. The summed E-state index contributed by atoms with van der Waals surface area (Å²) in [4.78, 5) is 35.0. The summed E-state index contributed by atoms with van der Waals surface area (Å²) >= 11 is 0. The first kappa shape index (κ1) is 53.4. The monoisotopic (exact) mass is 1010 g/mol. The summed E-state index contributed by atoms with van der Waals surface area (Å²) < 4.78 is 113. The van der Waals surface area contributed by atoms with Gasteiger partial charge < -0.3 is 9.64 Å². The van der Waals surface area contributed by atoms with E-state index >= 15 is 0 Å². The number of sulfonamides is 3. The third-order valence-electron chi connectivity index (χ3n) is 12.2. The van der Waals surface area contributed by atoms with Gasteiger partial charge in [0.1, 0.15) is 28.8 Å². The number of ether oxygens (including phenoxy) is 1. The second-order valence-electron chi connectivity index (χ2n) is 17.5. The number of thiol groups is 1. The number of anilines is 1. The van der Waals surface area contributed by atoms with Gasteiger partial charge in [-0.3, -0.25) is 0 Å². The fourth-order valence-corrected chi connectivity index (χ4v) is 11.0. The van der Waals surface area contributed by atoms with Crippen LogP contribution < -0.4 is 4.90 Å². The van der Waals surface area contributed by atoms with Crippen LogP contribution in [0.15, 0.2) is 143 Å². The van der Waals surface area contributed by atoms with Gasteiger partial charge in [-0.25, -0.2) is 16.8 Å². The number of allylic oxidation sites excluding steroid dienone is 12. The summed E-state index contributed by atoms with van der Waals surface area (Å²) in [6.07, 6.45) is 21.4. The second kappa shape index (κ2) is 22.3. The molecule has 3 aliphatic rings. The molecule has 0 bridgehead atoms. The van der Waals surface area contributed by atoms with E-state index in [-0.39, 0.29) is 22.0 Å². The van der Waals surface area contributed by atoms with Crippen molar-refractivity contribution in [3.05, 3.63) is 145 Å². The Labute approximate surface area is 400 Å². The van der Waals surface area contributed by atoms with Gasteiger partial charge in [0, 0.05) is 53.2 Å². The molecule has 0 N–H and O–H groups in total. The van der Waals surface area contributed by atoms with Gasteiger partial charge >= 0.3 is 20.0 Å². The molecule has 1 aliphatic carbocycles. The smallest absolute Gasteiger partial charge is 0.316 e. The van der Waals surface area contributed by atoms with Gasteiger partial charge in [-0.15, -0.1) is 14.7 Å². The van der Waals surface area contributed by atoms with E-state index in [0.717, 1.165) is 35.4 Å². The molecule has 0 unspecified atom stereocenters. The van der Waals surface area contributed by atoms with Crippen molar-refractivity contribution in [3.8, 4) is 0 Å². The van der Waals surface area contributed by atoms with Crippen molar-refractivity contribution in [3.63, 3.8) is 0 Å². The summed E-state index contributed by atoms with van der Waals surface area (Å²) in [5.41, 5.74) is 4.22. The van der Waals surface area contributed by atoms with Crippen molar-refractivity contribution in [1.29, 1.82) is 0 Å². The highest BCUT2D eigenvalue weighted by Gasteiger charge is 2.45. The zero-order valence-corrected chi connectivity index (χ0v) is 42.3. The molecule has 0 fully saturated rings. The molecule has 17 nitrogen and oxygen atoms in total. The average Bonchev–Trinajstić information content (AvgIpc) is 3.65. The maximum Gasteiger partial charge on any atom is 0.316 e. The number of nitroso groups, excluding NO2 is 3. The van der Waals surface area contributed by atoms with Crippen LogP contribution in [-0.4, -0.2) is 68.6 Å². The number of unbranched alkanes of at least 4 members (excludes halogenated alkanes) is 2. The van der Waals surface area contributed by atoms with Crippen LogP contribution in [-0.2, 0) is 56.3 Å². The predicted molar refractivity (Wildman–Crippen MR) is 265 cm³/mol. The van der Waals surface area contributed by atoms with Crippen molar-refractivity contribution in [2.45, 2.75) is 114 Å². The average molecular weight is 1010 g/mol. The molecule has 21 heteroatoms. The Morgan fingerprint density at radius 1 is 0.824 bits per heavy atom. The van der Waals surface area contributed by atoms with Crippen LogP contribution in [0.3, 0.4) is 0 Å².